The fraction of sp³-hybridized carbons (Fsp3) is 0.222. The molecule has 0 atom stereocenters. The van der Waals surface area contributed by atoms with Crippen LogP contribution in [-0.2, 0) is 11.3 Å². The van der Waals surface area contributed by atoms with Gasteiger partial charge in [-0.1, -0.05) is 12.1 Å². The monoisotopic (exact) mass is 194 g/mol. The Labute approximate surface area is 80.9 Å². The fourth-order valence-corrected chi connectivity index (χ4v) is 0.962. The molecule has 1 aromatic rings. The molecule has 0 aromatic heterocycles. The van der Waals surface area contributed by atoms with Crippen molar-refractivity contribution in [3.8, 4) is 0 Å². The van der Waals surface area contributed by atoms with E-state index in [9.17, 15) is 14.9 Å². The van der Waals surface area contributed by atoms with E-state index in [1.807, 2.05) is 0 Å². The summed E-state index contributed by atoms with van der Waals surface area (Å²) in [6.45, 7) is 1.82. The highest BCUT2D eigenvalue weighted by molar-refractivity contribution is 5.72. The number of benzene rings is 1. The Morgan fingerprint density at radius 3 is 2.43 bits per heavy atom. The molecule has 5 nitrogen and oxygen atoms in total. The number of nitrogens with one attached hydrogen (secondary N) is 1. The minimum atomic E-state index is -0.456. The quantitative estimate of drug-likeness (QED) is 0.581. The molecule has 0 saturated heterocycles. The molecule has 74 valence electrons. The molecule has 0 heterocycles. The van der Waals surface area contributed by atoms with Crippen LogP contribution in [0.2, 0.25) is 0 Å². The Balaban J connectivity index is 2.64. The van der Waals surface area contributed by atoms with Gasteiger partial charge in [0.05, 0.1) is 4.92 Å². The Kier molecular flexibility index (Phi) is 3.17. The summed E-state index contributed by atoms with van der Waals surface area (Å²) in [6, 6.07) is 6.07. The number of nitro groups is 1. The first-order valence-corrected chi connectivity index (χ1v) is 4.07. The summed E-state index contributed by atoms with van der Waals surface area (Å²) in [5.74, 6) is -0.122. The number of nitrogens with zero attached hydrogens (tertiary/aromatic N) is 1. The summed E-state index contributed by atoms with van der Waals surface area (Å²) in [5, 5.41) is 12.9. The van der Waals surface area contributed by atoms with Crippen LogP contribution < -0.4 is 5.32 Å². The van der Waals surface area contributed by atoms with Crippen LogP contribution in [0, 0.1) is 10.1 Å². The Morgan fingerprint density at radius 1 is 1.43 bits per heavy atom. The molecule has 1 N–H and O–H groups in total. The molecule has 14 heavy (non-hydrogen) atoms. The van der Waals surface area contributed by atoms with Gasteiger partial charge in [-0.2, -0.15) is 0 Å². The Hall–Kier alpha value is -1.91. The number of nitro benzene ring substituents is 1. The largest absolute Gasteiger partial charge is 0.352 e. The molecule has 5 heteroatoms. The molecule has 0 saturated carbocycles. The van der Waals surface area contributed by atoms with E-state index in [1.54, 1.807) is 12.1 Å². The van der Waals surface area contributed by atoms with Gasteiger partial charge in [0, 0.05) is 25.6 Å². The second-order valence-corrected chi connectivity index (χ2v) is 2.83. The van der Waals surface area contributed by atoms with Crippen LogP contribution >= 0.6 is 0 Å². The topological polar surface area (TPSA) is 72.2 Å². The number of hydrogen-bond donors (Lipinski definition) is 1. The third-order valence-electron chi connectivity index (χ3n) is 1.69. The van der Waals surface area contributed by atoms with E-state index in [4.69, 9.17) is 0 Å². The lowest BCUT2D eigenvalue weighted by molar-refractivity contribution is -0.384. The van der Waals surface area contributed by atoms with Crippen molar-refractivity contribution in [1.82, 2.24) is 5.32 Å². The molecule has 0 aliphatic carbocycles. The standard InChI is InChI=1S/C9H10N2O3/c1-7(12)10-6-8-2-4-9(5-3-8)11(13)14/h2-5H,6H2,1H3,(H,10,12). The smallest absolute Gasteiger partial charge is 0.269 e. The molecule has 0 unspecified atom stereocenters. The van der Waals surface area contributed by atoms with Gasteiger partial charge in [0.2, 0.25) is 5.91 Å². The number of rotatable bonds is 3. The molecule has 0 aliphatic rings. The number of non-ortho nitro benzene ring substituents is 1. The van der Waals surface area contributed by atoms with Gasteiger partial charge in [-0.25, -0.2) is 0 Å². The van der Waals surface area contributed by atoms with Crippen molar-refractivity contribution in [3.05, 3.63) is 39.9 Å². The highest BCUT2D eigenvalue weighted by Gasteiger charge is 2.03. The van der Waals surface area contributed by atoms with Crippen LogP contribution in [0.3, 0.4) is 0 Å². The van der Waals surface area contributed by atoms with Gasteiger partial charge in [-0.05, 0) is 5.56 Å². The van der Waals surface area contributed by atoms with Crippen LogP contribution in [0.4, 0.5) is 5.69 Å². The Bertz CT molecular complexity index is 346. The predicted molar refractivity (Wildman–Crippen MR) is 50.6 cm³/mol. The molecule has 0 spiro atoms. The fourth-order valence-electron chi connectivity index (χ4n) is 0.962. The van der Waals surface area contributed by atoms with E-state index in [0.717, 1.165) is 5.56 Å². The van der Waals surface area contributed by atoms with E-state index in [2.05, 4.69) is 5.32 Å². The van der Waals surface area contributed by atoms with E-state index < -0.39 is 4.92 Å². The van der Waals surface area contributed by atoms with E-state index in [1.165, 1.54) is 19.1 Å². The average Bonchev–Trinajstić information content (AvgIpc) is 2.15. The van der Waals surface area contributed by atoms with Crippen molar-refractivity contribution >= 4 is 11.6 Å². The number of hydrogen-bond acceptors (Lipinski definition) is 3. The molecule has 1 rings (SSSR count). The number of amides is 1. The van der Waals surface area contributed by atoms with Gasteiger partial charge in [0.1, 0.15) is 0 Å². The second-order valence-electron chi connectivity index (χ2n) is 2.83. The third-order valence-corrected chi connectivity index (χ3v) is 1.69. The molecular weight excluding hydrogens is 184 g/mol. The first kappa shape index (κ1) is 10.2. The highest BCUT2D eigenvalue weighted by Crippen LogP contribution is 2.11. The highest BCUT2D eigenvalue weighted by atomic mass is 16.6. The van der Waals surface area contributed by atoms with Crippen molar-refractivity contribution in [2.24, 2.45) is 0 Å². The van der Waals surface area contributed by atoms with Crippen molar-refractivity contribution in [2.45, 2.75) is 13.5 Å². The lowest BCUT2D eigenvalue weighted by Gasteiger charge is -2.01. The lowest BCUT2D eigenvalue weighted by atomic mass is 10.2. The van der Waals surface area contributed by atoms with E-state index >= 15 is 0 Å². The Morgan fingerprint density at radius 2 is 2.00 bits per heavy atom. The van der Waals surface area contributed by atoms with Gasteiger partial charge in [0.15, 0.2) is 0 Å². The maximum absolute atomic E-state index is 10.6. The van der Waals surface area contributed by atoms with Crippen LogP contribution in [0.25, 0.3) is 0 Å². The summed E-state index contributed by atoms with van der Waals surface area (Å²) >= 11 is 0. The summed E-state index contributed by atoms with van der Waals surface area (Å²) in [7, 11) is 0. The molecule has 1 amide bonds. The summed E-state index contributed by atoms with van der Waals surface area (Å²) in [6.07, 6.45) is 0. The van der Waals surface area contributed by atoms with Crippen LogP contribution in [-0.4, -0.2) is 10.8 Å². The van der Waals surface area contributed by atoms with Gasteiger partial charge in [-0.3, -0.25) is 14.9 Å². The SMILES string of the molecule is CC(=O)NCc1ccc([N+](=O)[O-])cc1. The normalized spacial score (nSPS) is 9.50. The first-order valence-electron chi connectivity index (χ1n) is 4.07. The molecule has 0 fully saturated rings. The molecule has 0 radical (unpaired) electrons. The van der Waals surface area contributed by atoms with Crippen LogP contribution in [0.1, 0.15) is 12.5 Å². The van der Waals surface area contributed by atoms with Crippen molar-refractivity contribution in [2.75, 3.05) is 0 Å². The van der Waals surface area contributed by atoms with Gasteiger partial charge < -0.3 is 5.32 Å². The molecule has 0 aliphatic heterocycles. The molecular formula is C9H10N2O3. The maximum atomic E-state index is 10.6. The van der Waals surface area contributed by atoms with Gasteiger partial charge in [-0.15, -0.1) is 0 Å². The lowest BCUT2D eigenvalue weighted by Crippen LogP contribution is -2.18. The van der Waals surface area contributed by atoms with Crippen LogP contribution in [0.5, 0.6) is 0 Å². The van der Waals surface area contributed by atoms with Crippen molar-refractivity contribution < 1.29 is 9.72 Å². The predicted octanol–water partition coefficient (Wildman–Crippen LogP) is 1.23. The van der Waals surface area contributed by atoms with Gasteiger partial charge >= 0.3 is 0 Å². The molecule has 1 aromatic carbocycles. The molecule has 0 bridgehead atoms. The number of carbonyl (C=O) groups excluding carboxylic acids is 1. The summed E-state index contributed by atoms with van der Waals surface area (Å²) < 4.78 is 0. The zero-order chi connectivity index (χ0) is 10.6. The van der Waals surface area contributed by atoms with E-state index in [-0.39, 0.29) is 11.6 Å². The first-order chi connectivity index (χ1) is 6.59. The van der Waals surface area contributed by atoms with Crippen molar-refractivity contribution in [3.63, 3.8) is 0 Å². The third kappa shape index (κ3) is 2.85. The second kappa shape index (κ2) is 4.36. The van der Waals surface area contributed by atoms with E-state index in [0.29, 0.717) is 6.54 Å². The average molecular weight is 194 g/mol. The van der Waals surface area contributed by atoms with Gasteiger partial charge in [0.25, 0.3) is 5.69 Å². The van der Waals surface area contributed by atoms with Crippen LogP contribution in [0.15, 0.2) is 24.3 Å². The summed E-state index contributed by atoms with van der Waals surface area (Å²) in [4.78, 5) is 20.4. The zero-order valence-electron chi connectivity index (χ0n) is 7.69. The number of carbonyl (C=O) groups is 1. The zero-order valence-corrected chi connectivity index (χ0v) is 7.69. The maximum Gasteiger partial charge on any atom is 0.269 e. The summed E-state index contributed by atoms with van der Waals surface area (Å²) in [5.41, 5.74) is 0.891. The minimum Gasteiger partial charge on any atom is -0.352 e. The minimum absolute atomic E-state index is 0.0524. The van der Waals surface area contributed by atoms with Crippen molar-refractivity contribution in [1.29, 1.82) is 0 Å².